The average Bonchev–Trinajstić information content (AvgIpc) is 2.45. The van der Waals surface area contributed by atoms with Gasteiger partial charge in [0.2, 0.25) is 5.56 Å². The molecule has 0 bridgehead atoms. The third-order valence-corrected chi connectivity index (χ3v) is 3.87. The van der Waals surface area contributed by atoms with E-state index in [1.54, 1.807) is 11.0 Å². The Kier molecular flexibility index (Phi) is 4.45. The molecule has 21 heavy (non-hydrogen) atoms. The summed E-state index contributed by atoms with van der Waals surface area (Å²) in [7, 11) is 0. The van der Waals surface area contributed by atoms with Gasteiger partial charge in [-0.3, -0.25) is 14.4 Å². The largest absolute Gasteiger partial charge is 0.481 e. The lowest BCUT2D eigenvalue weighted by atomic mass is 9.96. The molecule has 0 aliphatic carbocycles. The molecule has 2 N–H and O–H groups in total. The van der Waals surface area contributed by atoms with Gasteiger partial charge in [-0.2, -0.15) is 0 Å². The van der Waals surface area contributed by atoms with Crippen molar-refractivity contribution in [1.82, 2.24) is 9.88 Å². The van der Waals surface area contributed by atoms with E-state index < -0.39 is 5.97 Å². The fraction of sp³-hybridized carbons (Fsp3) is 0.533. The number of aliphatic carboxylic acids is 1. The molecule has 1 aromatic rings. The van der Waals surface area contributed by atoms with E-state index in [0.29, 0.717) is 31.5 Å². The van der Waals surface area contributed by atoms with Crippen LogP contribution in [-0.4, -0.2) is 40.0 Å². The van der Waals surface area contributed by atoms with Crippen LogP contribution in [-0.2, 0) is 4.79 Å². The van der Waals surface area contributed by atoms with Crippen molar-refractivity contribution in [3.05, 3.63) is 33.7 Å². The summed E-state index contributed by atoms with van der Waals surface area (Å²) in [5.74, 6) is -1.25. The third-order valence-electron chi connectivity index (χ3n) is 3.87. The highest BCUT2D eigenvalue weighted by molar-refractivity contribution is 5.94. The predicted octanol–water partition coefficient (Wildman–Crippen LogP) is 1.44. The lowest BCUT2D eigenvalue weighted by molar-refractivity contribution is -0.143. The second-order valence-corrected chi connectivity index (χ2v) is 5.75. The molecule has 2 rings (SSSR count). The van der Waals surface area contributed by atoms with E-state index >= 15 is 0 Å². The van der Waals surface area contributed by atoms with Crippen molar-refractivity contribution in [3.8, 4) is 0 Å². The first-order valence-corrected chi connectivity index (χ1v) is 7.15. The molecule has 1 amide bonds. The smallest absolute Gasteiger partial charge is 0.306 e. The summed E-state index contributed by atoms with van der Waals surface area (Å²) >= 11 is 0. The third kappa shape index (κ3) is 3.51. The van der Waals surface area contributed by atoms with Crippen LogP contribution in [0, 0.1) is 5.92 Å². The number of likely N-dealkylation sites (tertiary alicyclic amines) is 1. The molecule has 2 heterocycles. The summed E-state index contributed by atoms with van der Waals surface area (Å²) in [5, 5.41) is 8.97. The number of carbonyl (C=O) groups is 2. The minimum Gasteiger partial charge on any atom is -0.481 e. The SMILES string of the molecule is CC(C)c1cc(C(=O)N2CCC(C(=O)O)CC2)cc(=O)[nH]1. The van der Waals surface area contributed by atoms with E-state index in [4.69, 9.17) is 5.11 Å². The quantitative estimate of drug-likeness (QED) is 0.882. The van der Waals surface area contributed by atoms with Gasteiger partial charge in [-0.1, -0.05) is 13.8 Å². The van der Waals surface area contributed by atoms with Gasteiger partial charge >= 0.3 is 5.97 Å². The van der Waals surface area contributed by atoms with Crippen molar-refractivity contribution in [2.24, 2.45) is 5.92 Å². The predicted molar refractivity (Wildman–Crippen MR) is 77.4 cm³/mol. The maximum Gasteiger partial charge on any atom is 0.306 e. The first-order valence-electron chi connectivity index (χ1n) is 7.15. The van der Waals surface area contributed by atoms with E-state index in [-0.39, 0.29) is 23.3 Å². The van der Waals surface area contributed by atoms with Crippen LogP contribution in [0.5, 0.6) is 0 Å². The molecule has 1 fully saturated rings. The van der Waals surface area contributed by atoms with Crippen molar-refractivity contribution in [2.75, 3.05) is 13.1 Å². The summed E-state index contributed by atoms with van der Waals surface area (Å²) in [6, 6.07) is 3.01. The highest BCUT2D eigenvalue weighted by Gasteiger charge is 2.27. The fourth-order valence-electron chi connectivity index (χ4n) is 2.51. The lowest BCUT2D eigenvalue weighted by Crippen LogP contribution is -2.40. The number of aromatic amines is 1. The van der Waals surface area contributed by atoms with Crippen LogP contribution < -0.4 is 5.56 Å². The number of H-pyrrole nitrogens is 1. The Hall–Kier alpha value is -2.11. The Morgan fingerprint density at radius 1 is 1.29 bits per heavy atom. The first-order chi connectivity index (χ1) is 9.88. The van der Waals surface area contributed by atoms with Crippen molar-refractivity contribution in [1.29, 1.82) is 0 Å². The minimum absolute atomic E-state index is 0.128. The maximum atomic E-state index is 12.4. The van der Waals surface area contributed by atoms with Crippen LogP contribution in [0.1, 0.15) is 48.7 Å². The molecule has 0 spiro atoms. The van der Waals surface area contributed by atoms with E-state index in [0.717, 1.165) is 5.69 Å². The standard InChI is InChI=1S/C15H20N2O4/c1-9(2)12-7-11(8-13(18)16-12)14(19)17-5-3-10(4-6-17)15(20)21/h7-10H,3-6H2,1-2H3,(H,16,18)(H,20,21). The second-order valence-electron chi connectivity index (χ2n) is 5.75. The summed E-state index contributed by atoms with van der Waals surface area (Å²) in [6.45, 7) is 4.72. The van der Waals surface area contributed by atoms with Crippen molar-refractivity contribution in [2.45, 2.75) is 32.6 Å². The van der Waals surface area contributed by atoms with E-state index in [1.807, 2.05) is 13.8 Å². The molecule has 0 atom stereocenters. The van der Waals surface area contributed by atoms with E-state index in [9.17, 15) is 14.4 Å². The molecular weight excluding hydrogens is 272 g/mol. The van der Waals surface area contributed by atoms with E-state index in [2.05, 4.69) is 4.98 Å². The Morgan fingerprint density at radius 3 is 2.43 bits per heavy atom. The number of carbonyl (C=O) groups excluding carboxylic acids is 1. The monoisotopic (exact) mass is 292 g/mol. The summed E-state index contributed by atoms with van der Waals surface area (Å²) in [6.07, 6.45) is 0.919. The lowest BCUT2D eigenvalue weighted by Gasteiger charge is -2.30. The topological polar surface area (TPSA) is 90.5 Å². The molecule has 114 valence electrons. The number of rotatable bonds is 3. The van der Waals surface area contributed by atoms with Crippen LogP contribution >= 0.6 is 0 Å². The highest BCUT2D eigenvalue weighted by atomic mass is 16.4. The van der Waals surface area contributed by atoms with Crippen molar-refractivity contribution >= 4 is 11.9 Å². The van der Waals surface area contributed by atoms with E-state index in [1.165, 1.54) is 6.07 Å². The van der Waals surface area contributed by atoms with Gasteiger partial charge in [-0.25, -0.2) is 0 Å². The van der Waals surface area contributed by atoms with Crippen LogP contribution in [0.15, 0.2) is 16.9 Å². The first kappa shape index (κ1) is 15.3. The molecule has 0 radical (unpaired) electrons. The number of pyridine rings is 1. The molecule has 1 aliphatic heterocycles. The summed E-state index contributed by atoms with van der Waals surface area (Å²) in [5.41, 5.74) is 0.812. The van der Waals surface area contributed by atoms with Gasteiger partial charge in [-0.15, -0.1) is 0 Å². The fourth-order valence-corrected chi connectivity index (χ4v) is 2.51. The van der Waals surface area contributed by atoms with Gasteiger partial charge in [0.1, 0.15) is 0 Å². The molecule has 1 aliphatic rings. The number of nitrogens with zero attached hydrogens (tertiary/aromatic N) is 1. The highest BCUT2D eigenvalue weighted by Crippen LogP contribution is 2.19. The van der Waals surface area contributed by atoms with Crippen LogP contribution in [0.3, 0.4) is 0 Å². The summed E-state index contributed by atoms with van der Waals surface area (Å²) in [4.78, 5) is 39.3. The zero-order chi connectivity index (χ0) is 15.6. The van der Waals surface area contributed by atoms with Crippen molar-refractivity contribution < 1.29 is 14.7 Å². The molecular formula is C15H20N2O4. The zero-order valence-electron chi connectivity index (χ0n) is 12.3. The van der Waals surface area contributed by atoms with Gasteiger partial charge in [-0.05, 0) is 24.8 Å². The number of aromatic nitrogens is 1. The number of nitrogens with one attached hydrogen (secondary N) is 1. The molecule has 6 heteroatoms. The van der Waals surface area contributed by atoms with Gasteiger partial charge in [0.05, 0.1) is 5.92 Å². The maximum absolute atomic E-state index is 12.4. The van der Waals surface area contributed by atoms with Crippen LogP contribution in [0.4, 0.5) is 0 Å². The molecule has 0 saturated carbocycles. The molecule has 0 aromatic carbocycles. The Balaban J connectivity index is 2.14. The molecule has 1 aromatic heterocycles. The Morgan fingerprint density at radius 2 is 1.90 bits per heavy atom. The number of piperidine rings is 1. The Labute approximate surface area is 122 Å². The molecule has 0 unspecified atom stereocenters. The number of hydrogen-bond donors (Lipinski definition) is 2. The van der Waals surface area contributed by atoms with Gasteiger partial charge in [0.15, 0.2) is 0 Å². The van der Waals surface area contributed by atoms with Crippen molar-refractivity contribution in [3.63, 3.8) is 0 Å². The summed E-state index contributed by atoms with van der Waals surface area (Å²) < 4.78 is 0. The van der Waals surface area contributed by atoms with Gasteiger partial charge in [0.25, 0.3) is 5.91 Å². The average molecular weight is 292 g/mol. The Bertz CT molecular complexity index is 598. The normalized spacial score (nSPS) is 16.2. The molecule has 6 nitrogen and oxygen atoms in total. The van der Waals surface area contributed by atoms with Crippen LogP contribution in [0.25, 0.3) is 0 Å². The van der Waals surface area contributed by atoms with Crippen LogP contribution in [0.2, 0.25) is 0 Å². The van der Waals surface area contributed by atoms with Gasteiger partial charge < -0.3 is 15.0 Å². The van der Waals surface area contributed by atoms with Gasteiger partial charge in [0, 0.05) is 30.4 Å². The number of carboxylic acid groups (broad SMARTS) is 1. The second kappa shape index (κ2) is 6.11. The number of hydrogen-bond acceptors (Lipinski definition) is 3. The number of carboxylic acids is 1. The number of amides is 1. The zero-order valence-corrected chi connectivity index (χ0v) is 12.3. The molecule has 1 saturated heterocycles. The minimum atomic E-state index is -0.805.